The SMILES string of the molecule is N[C@@H]1CCC[C@@H]1Nc1ccccc1F. The lowest BCUT2D eigenvalue weighted by Gasteiger charge is -2.18. The first kappa shape index (κ1) is 9.46. The Morgan fingerprint density at radius 1 is 1.29 bits per heavy atom. The Morgan fingerprint density at radius 3 is 2.71 bits per heavy atom. The van der Waals surface area contributed by atoms with Gasteiger partial charge in [-0.2, -0.15) is 0 Å². The summed E-state index contributed by atoms with van der Waals surface area (Å²) in [6.45, 7) is 0. The Hall–Kier alpha value is -1.09. The fraction of sp³-hybridized carbons (Fsp3) is 0.455. The molecule has 0 saturated heterocycles. The molecule has 0 aromatic heterocycles. The van der Waals surface area contributed by atoms with E-state index >= 15 is 0 Å². The topological polar surface area (TPSA) is 38.0 Å². The number of hydrogen-bond acceptors (Lipinski definition) is 2. The molecule has 3 heteroatoms. The minimum atomic E-state index is -0.202. The van der Waals surface area contributed by atoms with Gasteiger partial charge in [-0.15, -0.1) is 0 Å². The number of nitrogens with two attached hydrogens (primary N) is 1. The van der Waals surface area contributed by atoms with Crippen molar-refractivity contribution in [1.29, 1.82) is 0 Å². The van der Waals surface area contributed by atoms with E-state index in [1.807, 2.05) is 6.07 Å². The van der Waals surface area contributed by atoms with Crippen molar-refractivity contribution in [2.75, 3.05) is 5.32 Å². The van der Waals surface area contributed by atoms with E-state index in [1.165, 1.54) is 6.07 Å². The van der Waals surface area contributed by atoms with Gasteiger partial charge in [0, 0.05) is 12.1 Å². The quantitative estimate of drug-likeness (QED) is 0.756. The van der Waals surface area contributed by atoms with Crippen LogP contribution in [0.15, 0.2) is 24.3 Å². The standard InChI is InChI=1S/C11H15FN2/c12-8-4-1-2-6-10(8)14-11-7-3-5-9(11)13/h1-2,4,6,9,11,14H,3,5,7,13H2/t9-,11+/m1/s1. The molecule has 1 aliphatic rings. The first-order valence-electron chi connectivity index (χ1n) is 5.04. The molecular formula is C11H15FN2. The molecule has 76 valence electrons. The fourth-order valence-corrected chi connectivity index (χ4v) is 1.95. The number of anilines is 1. The van der Waals surface area contributed by atoms with Crippen LogP contribution in [0.25, 0.3) is 0 Å². The molecule has 1 aromatic rings. The van der Waals surface area contributed by atoms with E-state index < -0.39 is 0 Å². The maximum Gasteiger partial charge on any atom is 0.146 e. The summed E-state index contributed by atoms with van der Waals surface area (Å²) in [5, 5.41) is 3.16. The van der Waals surface area contributed by atoms with Gasteiger partial charge in [0.1, 0.15) is 5.82 Å². The third kappa shape index (κ3) is 1.87. The number of halogens is 1. The highest BCUT2D eigenvalue weighted by Crippen LogP contribution is 2.22. The van der Waals surface area contributed by atoms with Gasteiger partial charge < -0.3 is 11.1 Å². The molecule has 0 radical (unpaired) electrons. The molecule has 0 heterocycles. The molecule has 2 nitrogen and oxygen atoms in total. The zero-order chi connectivity index (χ0) is 9.97. The van der Waals surface area contributed by atoms with Crippen LogP contribution >= 0.6 is 0 Å². The van der Waals surface area contributed by atoms with Crippen LogP contribution in [-0.4, -0.2) is 12.1 Å². The van der Waals surface area contributed by atoms with Crippen LogP contribution < -0.4 is 11.1 Å². The summed E-state index contributed by atoms with van der Waals surface area (Å²) in [7, 11) is 0. The van der Waals surface area contributed by atoms with Crippen LogP contribution in [-0.2, 0) is 0 Å². The minimum Gasteiger partial charge on any atom is -0.378 e. The molecule has 0 amide bonds. The molecule has 2 atom stereocenters. The van der Waals surface area contributed by atoms with Crippen molar-refractivity contribution in [2.24, 2.45) is 5.73 Å². The van der Waals surface area contributed by atoms with Gasteiger partial charge in [0.25, 0.3) is 0 Å². The number of rotatable bonds is 2. The first-order chi connectivity index (χ1) is 6.77. The molecule has 1 fully saturated rings. The largest absolute Gasteiger partial charge is 0.378 e. The molecule has 1 saturated carbocycles. The van der Waals surface area contributed by atoms with Gasteiger partial charge in [-0.3, -0.25) is 0 Å². The van der Waals surface area contributed by atoms with Gasteiger partial charge in [-0.05, 0) is 31.4 Å². The highest BCUT2D eigenvalue weighted by Gasteiger charge is 2.23. The van der Waals surface area contributed by atoms with Gasteiger partial charge in [-0.25, -0.2) is 4.39 Å². The highest BCUT2D eigenvalue weighted by molar-refractivity contribution is 5.45. The van der Waals surface area contributed by atoms with Gasteiger partial charge in [0.05, 0.1) is 5.69 Å². The van der Waals surface area contributed by atoms with Crippen LogP contribution in [0.2, 0.25) is 0 Å². The molecular weight excluding hydrogens is 179 g/mol. The van der Waals surface area contributed by atoms with Crippen LogP contribution in [0.3, 0.4) is 0 Å². The lowest BCUT2D eigenvalue weighted by atomic mass is 10.1. The Balaban J connectivity index is 2.07. The monoisotopic (exact) mass is 194 g/mol. The van der Waals surface area contributed by atoms with Crippen molar-refractivity contribution in [2.45, 2.75) is 31.3 Å². The molecule has 1 aliphatic carbocycles. The molecule has 1 aromatic carbocycles. The third-order valence-electron chi connectivity index (χ3n) is 2.78. The van der Waals surface area contributed by atoms with Crippen molar-refractivity contribution in [1.82, 2.24) is 0 Å². The molecule has 2 rings (SSSR count). The average molecular weight is 194 g/mol. The van der Waals surface area contributed by atoms with E-state index in [0.29, 0.717) is 5.69 Å². The predicted octanol–water partition coefficient (Wildman–Crippen LogP) is 2.12. The summed E-state index contributed by atoms with van der Waals surface area (Å²) in [5.74, 6) is -0.202. The van der Waals surface area contributed by atoms with Crippen LogP contribution in [0.5, 0.6) is 0 Å². The van der Waals surface area contributed by atoms with Crippen LogP contribution in [0.4, 0.5) is 10.1 Å². The summed E-state index contributed by atoms with van der Waals surface area (Å²) in [6.07, 6.45) is 3.20. The molecule has 0 bridgehead atoms. The maximum atomic E-state index is 13.3. The van der Waals surface area contributed by atoms with Gasteiger partial charge in [0.2, 0.25) is 0 Å². The van der Waals surface area contributed by atoms with Crippen molar-refractivity contribution in [3.05, 3.63) is 30.1 Å². The summed E-state index contributed by atoms with van der Waals surface area (Å²) < 4.78 is 13.3. The molecule has 0 unspecified atom stereocenters. The second-order valence-electron chi connectivity index (χ2n) is 3.83. The Kier molecular flexibility index (Phi) is 2.68. The minimum absolute atomic E-state index is 0.162. The number of benzene rings is 1. The summed E-state index contributed by atoms with van der Waals surface area (Å²) in [6, 6.07) is 7.12. The van der Waals surface area contributed by atoms with E-state index in [-0.39, 0.29) is 17.9 Å². The second kappa shape index (κ2) is 3.96. The molecule has 0 spiro atoms. The van der Waals surface area contributed by atoms with E-state index in [0.717, 1.165) is 19.3 Å². The van der Waals surface area contributed by atoms with Gasteiger partial charge in [0.15, 0.2) is 0 Å². The predicted molar refractivity (Wildman–Crippen MR) is 55.6 cm³/mol. The third-order valence-corrected chi connectivity index (χ3v) is 2.78. The average Bonchev–Trinajstić information content (AvgIpc) is 2.56. The Labute approximate surface area is 83.3 Å². The van der Waals surface area contributed by atoms with Gasteiger partial charge >= 0.3 is 0 Å². The van der Waals surface area contributed by atoms with E-state index in [9.17, 15) is 4.39 Å². The molecule has 3 N–H and O–H groups in total. The highest BCUT2D eigenvalue weighted by atomic mass is 19.1. The second-order valence-corrected chi connectivity index (χ2v) is 3.83. The zero-order valence-electron chi connectivity index (χ0n) is 8.04. The van der Waals surface area contributed by atoms with Gasteiger partial charge in [-0.1, -0.05) is 12.1 Å². The number of hydrogen-bond donors (Lipinski definition) is 2. The smallest absolute Gasteiger partial charge is 0.146 e. The lowest BCUT2D eigenvalue weighted by molar-refractivity contribution is 0.607. The summed E-state index contributed by atoms with van der Waals surface area (Å²) in [5.41, 5.74) is 6.46. The summed E-state index contributed by atoms with van der Waals surface area (Å²) in [4.78, 5) is 0. The molecule has 0 aliphatic heterocycles. The van der Waals surface area contributed by atoms with E-state index in [4.69, 9.17) is 5.73 Å². The van der Waals surface area contributed by atoms with Crippen LogP contribution in [0.1, 0.15) is 19.3 Å². The van der Waals surface area contributed by atoms with E-state index in [1.54, 1.807) is 12.1 Å². The van der Waals surface area contributed by atoms with Crippen molar-refractivity contribution in [3.8, 4) is 0 Å². The fourth-order valence-electron chi connectivity index (χ4n) is 1.95. The van der Waals surface area contributed by atoms with Crippen molar-refractivity contribution < 1.29 is 4.39 Å². The summed E-state index contributed by atoms with van der Waals surface area (Å²) >= 11 is 0. The van der Waals surface area contributed by atoms with Crippen molar-refractivity contribution in [3.63, 3.8) is 0 Å². The van der Waals surface area contributed by atoms with Crippen molar-refractivity contribution >= 4 is 5.69 Å². The Morgan fingerprint density at radius 2 is 2.07 bits per heavy atom. The Bertz CT molecular complexity index is 314. The molecule has 14 heavy (non-hydrogen) atoms. The number of nitrogens with one attached hydrogen (secondary N) is 1. The van der Waals surface area contributed by atoms with E-state index in [2.05, 4.69) is 5.32 Å². The van der Waals surface area contributed by atoms with Crippen LogP contribution in [0, 0.1) is 5.82 Å². The maximum absolute atomic E-state index is 13.3. The lowest BCUT2D eigenvalue weighted by Crippen LogP contribution is -2.35. The first-order valence-corrected chi connectivity index (χ1v) is 5.04. The normalized spacial score (nSPS) is 26.4. The number of para-hydroxylation sites is 1. The zero-order valence-corrected chi connectivity index (χ0v) is 8.04.